The van der Waals surface area contributed by atoms with Crippen LogP contribution in [0.2, 0.25) is 0 Å². The normalized spacial score (nSPS) is 14.6. The van der Waals surface area contributed by atoms with Gasteiger partial charge in [0.25, 0.3) is 11.4 Å². The highest BCUT2D eigenvalue weighted by molar-refractivity contribution is 7.99. The molecule has 37 heavy (non-hydrogen) atoms. The summed E-state index contributed by atoms with van der Waals surface area (Å²) in [5, 5.41) is 27.6. The molecular weight excluding hydrogens is 522 g/mol. The van der Waals surface area contributed by atoms with Crippen LogP contribution >= 0.6 is 11.8 Å². The fraction of sp³-hybridized carbons (Fsp3) is 0.273. The summed E-state index contributed by atoms with van der Waals surface area (Å²) in [4.78, 5) is 26.1. The third kappa shape index (κ3) is 5.95. The Balaban J connectivity index is 1.60. The lowest BCUT2D eigenvalue weighted by atomic mass is 10.2. The number of aromatic nitrogens is 2. The topological polar surface area (TPSA) is 166 Å². The lowest BCUT2D eigenvalue weighted by Crippen LogP contribution is -2.35. The van der Waals surface area contributed by atoms with Gasteiger partial charge in [-0.2, -0.15) is 9.41 Å². The van der Waals surface area contributed by atoms with Crippen molar-refractivity contribution in [1.29, 1.82) is 0 Å². The van der Waals surface area contributed by atoms with Gasteiger partial charge >= 0.3 is 0 Å². The molecule has 3 aromatic rings. The second-order valence-electron chi connectivity index (χ2n) is 8.18. The van der Waals surface area contributed by atoms with Gasteiger partial charge in [-0.3, -0.25) is 25.7 Å². The first kappa shape index (κ1) is 26.2. The van der Waals surface area contributed by atoms with E-state index in [1.807, 2.05) is 0 Å². The molecule has 1 saturated heterocycles. The van der Waals surface area contributed by atoms with E-state index in [9.17, 15) is 28.6 Å². The number of nitro groups is 2. The van der Waals surface area contributed by atoms with Crippen molar-refractivity contribution < 1.29 is 18.3 Å². The van der Waals surface area contributed by atoms with E-state index in [0.29, 0.717) is 41.5 Å². The molecule has 2 aromatic carbocycles. The van der Waals surface area contributed by atoms with E-state index in [-0.39, 0.29) is 22.0 Å². The molecule has 0 spiro atoms. The van der Waals surface area contributed by atoms with Crippen LogP contribution in [-0.2, 0) is 17.1 Å². The Morgan fingerprint density at radius 1 is 1.08 bits per heavy atom. The van der Waals surface area contributed by atoms with Gasteiger partial charge in [-0.05, 0) is 36.7 Å². The molecule has 15 heteroatoms. The lowest BCUT2D eigenvalue weighted by Gasteiger charge is -2.26. The van der Waals surface area contributed by atoms with Gasteiger partial charge in [-0.1, -0.05) is 12.5 Å². The molecule has 0 radical (unpaired) electrons. The largest absolute Gasteiger partial charge is 0.329 e. The number of benzene rings is 2. The van der Waals surface area contributed by atoms with E-state index >= 15 is 0 Å². The smallest absolute Gasteiger partial charge is 0.283 e. The van der Waals surface area contributed by atoms with Crippen molar-refractivity contribution in [2.75, 3.05) is 18.5 Å². The van der Waals surface area contributed by atoms with Crippen LogP contribution in [0.5, 0.6) is 0 Å². The predicted octanol–water partition coefficient (Wildman–Crippen LogP) is 4.01. The summed E-state index contributed by atoms with van der Waals surface area (Å²) in [6.07, 6.45) is 6.98. The maximum absolute atomic E-state index is 13.3. The number of sulfonamides is 1. The maximum Gasteiger partial charge on any atom is 0.283 e. The SMILES string of the molecule is Cn1ccnc1Sc1ccc(/C=N\Nc2ccc([N+](=O)[O-])cc2S(=O)(=O)N2CCCCC2)cc1[N+](=O)[O-]. The average Bonchev–Trinajstić information content (AvgIpc) is 3.29. The Hall–Kier alpha value is -3.82. The van der Waals surface area contributed by atoms with Crippen LogP contribution in [0.4, 0.5) is 17.1 Å². The molecule has 13 nitrogen and oxygen atoms in total. The number of nitro benzene ring substituents is 2. The first-order chi connectivity index (χ1) is 17.7. The summed E-state index contributed by atoms with van der Waals surface area (Å²) in [5.74, 6) is 0. The van der Waals surface area contributed by atoms with E-state index in [0.717, 1.165) is 24.2 Å². The van der Waals surface area contributed by atoms with Gasteiger partial charge in [-0.15, -0.1) is 0 Å². The number of nitrogens with one attached hydrogen (secondary N) is 1. The number of hydrogen-bond donors (Lipinski definition) is 1. The van der Waals surface area contributed by atoms with Crippen LogP contribution in [0.3, 0.4) is 0 Å². The fourth-order valence-corrected chi connectivity index (χ4v) is 6.31. The van der Waals surface area contributed by atoms with Crippen LogP contribution in [0.25, 0.3) is 0 Å². The van der Waals surface area contributed by atoms with Gasteiger partial charge in [0.15, 0.2) is 5.16 Å². The maximum atomic E-state index is 13.3. The molecule has 0 unspecified atom stereocenters. The molecule has 0 saturated carbocycles. The average molecular weight is 546 g/mol. The van der Waals surface area contributed by atoms with Crippen LogP contribution in [0.1, 0.15) is 24.8 Å². The van der Waals surface area contributed by atoms with E-state index in [4.69, 9.17) is 0 Å². The van der Waals surface area contributed by atoms with E-state index in [1.165, 1.54) is 28.7 Å². The van der Waals surface area contributed by atoms with E-state index in [2.05, 4.69) is 15.5 Å². The Morgan fingerprint density at radius 2 is 1.84 bits per heavy atom. The first-order valence-corrected chi connectivity index (χ1v) is 13.4. The molecule has 0 aliphatic carbocycles. The van der Waals surface area contributed by atoms with Crippen molar-refractivity contribution in [3.63, 3.8) is 0 Å². The molecular formula is C22H23N7O6S2. The van der Waals surface area contributed by atoms with Crippen molar-refractivity contribution in [2.45, 2.75) is 34.2 Å². The van der Waals surface area contributed by atoms with Crippen LogP contribution < -0.4 is 5.43 Å². The second kappa shape index (κ2) is 11.1. The Morgan fingerprint density at radius 3 is 2.49 bits per heavy atom. The van der Waals surface area contributed by atoms with Crippen molar-refractivity contribution in [2.24, 2.45) is 12.1 Å². The van der Waals surface area contributed by atoms with Crippen molar-refractivity contribution in [3.8, 4) is 0 Å². The monoisotopic (exact) mass is 545 g/mol. The number of aryl methyl sites for hydroxylation is 1. The molecule has 1 aromatic heterocycles. The molecule has 194 valence electrons. The highest BCUT2D eigenvalue weighted by Crippen LogP contribution is 2.34. The number of piperidine rings is 1. The van der Waals surface area contributed by atoms with Gasteiger partial charge in [-0.25, -0.2) is 13.4 Å². The van der Waals surface area contributed by atoms with Gasteiger partial charge in [0, 0.05) is 56.3 Å². The van der Waals surface area contributed by atoms with Gasteiger partial charge in [0.1, 0.15) is 4.90 Å². The molecule has 2 heterocycles. The number of hydrogen-bond acceptors (Lipinski definition) is 10. The van der Waals surface area contributed by atoms with E-state index in [1.54, 1.807) is 36.1 Å². The zero-order valence-electron chi connectivity index (χ0n) is 19.7. The molecule has 0 amide bonds. The predicted molar refractivity (Wildman–Crippen MR) is 137 cm³/mol. The molecule has 1 fully saturated rings. The second-order valence-corrected chi connectivity index (χ2v) is 11.1. The highest BCUT2D eigenvalue weighted by atomic mass is 32.2. The minimum atomic E-state index is -4.00. The molecule has 1 aliphatic rings. The third-order valence-corrected chi connectivity index (χ3v) is 8.75. The summed E-state index contributed by atoms with van der Waals surface area (Å²) in [7, 11) is -2.22. The van der Waals surface area contributed by atoms with Crippen molar-refractivity contribution in [1.82, 2.24) is 13.9 Å². The quantitative estimate of drug-likeness (QED) is 0.237. The number of non-ortho nitro benzene ring substituents is 1. The van der Waals surface area contributed by atoms with Gasteiger partial charge in [0.05, 0.1) is 26.6 Å². The van der Waals surface area contributed by atoms with Gasteiger partial charge in [0.2, 0.25) is 10.0 Å². The number of imidazole rings is 1. The molecule has 1 N–H and O–H groups in total. The Bertz CT molecular complexity index is 1470. The molecule has 1 aliphatic heterocycles. The Kier molecular flexibility index (Phi) is 7.85. The third-order valence-electron chi connectivity index (χ3n) is 5.67. The first-order valence-electron chi connectivity index (χ1n) is 11.2. The van der Waals surface area contributed by atoms with E-state index < -0.39 is 19.9 Å². The number of rotatable bonds is 9. The van der Waals surface area contributed by atoms with Crippen molar-refractivity contribution in [3.05, 3.63) is 74.6 Å². The number of anilines is 1. The van der Waals surface area contributed by atoms with Crippen LogP contribution in [-0.4, -0.2) is 51.4 Å². The fourth-order valence-electron chi connectivity index (χ4n) is 3.74. The molecule has 0 atom stereocenters. The summed E-state index contributed by atoms with van der Waals surface area (Å²) in [5.41, 5.74) is 2.59. The molecule has 4 rings (SSSR count). The summed E-state index contributed by atoms with van der Waals surface area (Å²) in [6.45, 7) is 0.667. The van der Waals surface area contributed by atoms with Gasteiger partial charge < -0.3 is 4.57 Å². The minimum absolute atomic E-state index is 0.0591. The molecule has 0 bridgehead atoms. The Labute approximate surface area is 216 Å². The van der Waals surface area contributed by atoms with Crippen LogP contribution in [0, 0.1) is 20.2 Å². The summed E-state index contributed by atoms with van der Waals surface area (Å²) in [6, 6.07) is 8.03. The number of hydrazone groups is 1. The standard InChI is InChI=1S/C22H23N7O6S2/c1-26-12-9-23-22(26)36-20-8-5-16(13-19(20)29(32)33)15-24-25-18-7-6-17(28(30)31)14-21(18)37(34,35)27-10-3-2-4-11-27/h5-9,12-15,25H,2-4,10-11H2,1H3/b24-15-. The van der Waals surface area contributed by atoms with Crippen molar-refractivity contribution >= 4 is 45.1 Å². The highest BCUT2D eigenvalue weighted by Gasteiger charge is 2.30. The zero-order chi connectivity index (χ0) is 26.6. The minimum Gasteiger partial charge on any atom is -0.329 e. The number of nitrogens with zero attached hydrogens (tertiary/aromatic N) is 6. The zero-order valence-corrected chi connectivity index (χ0v) is 21.3. The van der Waals surface area contributed by atoms with Crippen LogP contribution in [0.15, 0.2) is 68.8 Å². The summed E-state index contributed by atoms with van der Waals surface area (Å²) >= 11 is 1.15. The lowest BCUT2D eigenvalue weighted by molar-refractivity contribution is -0.387. The summed E-state index contributed by atoms with van der Waals surface area (Å²) < 4.78 is 29.6.